The van der Waals surface area contributed by atoms with E-state index in [1.807, 2.05) is 18.2 Å². The van der Waals surface area contributed by atoms with Crippen LogP contribution in [0.1, 0.15) is 162 Å². The number of carboxylic acid groups (broad SMARTS) is 1. The number of unbranched alkanes of at least 4 members (excludes halogenated alkanes) is 16. The third-order valence-electron chi connectivity index (χ3n) is 8.51. The van der Waals surface area contributed by atoms with E-state index in [1.165, 1.54) is 57.8 Å². The van der Waals surface area contributed by atoms with E-state index in [9.17, 15) is 28.9 Å². The molecule has 2 unspecified atom stereocenters. The molecule has 0 bridgehead atoms. The van der Waals surface area contributed by atoms with Crippen LogP contribution in [0.25, 0.3) is 0 Å². The molecule has 4 atom stereocenters. The van der Waals surface area contributed by atoms with Crippen LogP contribution in [-0.2, 0) is 37.5 Å². The van der Waals surface area contributed by atoms with Crippen molar-refractivity contribution in [3.05, 3.63) is 36.5 Å². The van der Waals surface area contributed by atoms with Crippen LogP contribution >= 0.6 is 7.82 Å². The number of carbonyl (C=O) groups excluding carboxylic acids is 2. The Bertz CT molecular complexity index is 1070. The molecule has 308 valence electrons. The maximum atomic E-state index is 12.6. The maximum absolute atomic E-state index is 12.6. The van der Waals surface area contributed by atoms with Gasteiger partial charge in [-0.2, -0.15) is 0 Å². The monoisotopic (exact) mass is 773 g/mol. The van der Waals surface area contributed by atoms with Crippen LogP contribution in [-0.4, -0.2) is 71.1 Å². The minimum Gasteiger partial charge on any atom is -0.480 e. The molecule has 13 heteroatoms. The molecule has 0 spiro atoms. The molecule has 0 fully saturated rings. The van der Waals surface area contributed by atoms with E-state index in [1.54, 1.807) is 6.08 Å². The fourth-order valence-electron chi connectivity index (χ4n) is 5.31. The number of phosphoric ester groups is 1. The Labute approximate surface area is 319 Å². The molecule has 0 aromatic carbocycles. The van der Waals surface area contributed by atoms with Crippen LogP contribution in [0.2, 0.25) is 0 Å². The van der Waals surface area contributed by atoms with Gasteiger partial charge in [0, 0.05) is 12.8 Å². The lowest BCUT2D eigenvalue weighted by Crippen LogP contribution is -2.34. The summed E-state index contributed by atoms with van der Waals surface area (Å²) in [7, 11) is -4.73. The van der Waals surface area contributed by atoms with Gasteiger partial charge < -0.3 is 30.3 Å². The van der Waals surface area contributed by atoms with Gasteiger partial charge in [0.2, 0.25) is 0 Å². The largest absolute Gasteiger partial charge is 0.480 e. The highest BCUT2D eigenvalue weighted by molar-refractivity contribution is 7.47. The summed E-state index contributed by atoms with van der Waals surface area (Å²) in [5.74, 6) is -2.47. The summed E-state index contributed by atoms with van der Waals surface area (Å²) in [6.07, 6.45) is 32.3. The number of aliphatic carboxylic acids is 1. The van der Waals surface area contributed by atoms with Gasteiger partial charge in [-0.3, -0.25) is 23.4 Å². The van der Waals surface area contributed by atoms with Crippen LogP contribution in [0.15, 0.2) is 36.5 Å². The fourth-order valence-corrected chi connectivity index (χ4v) is 6.09. The first-order valence-corrected chi connectivity index (χ1v) is 21.6. The smallest absolute Gasteiger partial charge is 0.472 e. The molecule has 5 N–H and O–H groups in total. The zero-order chi connectivity index (χ0) is 39.4. The molecule has 0 saturated carbocycles. The quantitative estimate of drug-likeness (QED) is 0.0154. The van der Waals surface area contributed by atoms with Gasteiger partial charge in [-0.25, -0.2) is 4.57 Å². The van der Waals surface area contributed by atoms with Crippen molar-refractivity contribution < 1.29 is 52.6 Å². The number of rotatable bonds is 37. The average molecular weight is 774 g/mol. The number of nitrogens with two attached hydrogens (primary N) is 1. The van der Waals surface area contributed by atoms with Crippen molar-refractivity contribution in [2.45, 2.75) is 180 Å². The molecule has 12 nitrogen and oxygen atoms in total. The van der Waals surface area contributed by atoms with E-state index < -0.39 is 57.2 Å². The molecule has 0 radical (unpaired) electrons. The number of ether oxygens (including phenoxy) is 2. The van der Waals surface area contributed by atoms with Crippen molar-refractivity contribution in [1.82, 2.24) is 0 Å². The van der Waals surface area contributed by atoms with E-state index in [2.05, 4.69) is 30.5 Å². The molecular formula is C40H72NO11P. The second kappa shape index (κ2) is 35.4. The Morgan fingerprint density at radius 2 is 1.21 bits per heavy atom. The Morgan fingerprint density at radius 3 is 1.77 bits per heavy atom. The zero-order valence-corrected chi connectivity index (χ0v) is 33.6. The number of esters is 2. The fraction of sp³-hybridized carbons (Fsp3) is 0.775. The highest BCUT2D eigenvalue weighted by Gasteiger charge is 2.28. The Morgan fingerprint density at radius 1 is 0.679 bits per heavy atom. The van der Waals surface area contributed by atoms with Crippen LogP contribution in [0, 0.1) is 0 Å². The molecule has 0 rings (SSSR count). The SMILES string of the molecule is CC/C=C/C/C=C/C=C/C(O)CCCCCCCC(=O)OC[C@H](COP(=O)(O)OC[C@H](N)C(=O)O)OC(=O)CCCCCCCCCCCCCCC. The molecule has 0 aromatic heterocycles. The van der Waals surface area contributed by atoms with Gasteiger partial charge in [0.15, 0.2) is 6.10 Å². The van der Waals surface area contributed by atoms with Crippen molar-refractivity contribution in [2.24, 2.45) is 5.73 Å². The number of carbonyl (C=O) groups is 3. The molecule has 0 amide bonds. The van der Waals surface area contributed by atoms with E-state index >= 15 is 0 Å². The first-order chi connectivity index (χ1) is 25.5. The number of aliphatic hydroxyl groups excluding tert-OH is 1. The summed E-state index contributed by atoms with van der Waals surface area (Å²) in [4.78, 5) is 45.8. The van der Waals surface area contributed by atoms with Crippen LogP contribution < -0.4 is 5.73 Å². The van der Waals surface area contributed by atoms with Gasteiger partial charge in [0.25, 0.3) is 0 Å². The lowest BCUT2D eigenvalue weighted by molar-refractivity contribution is -0.161. The third-order valence-corrected chi connectivity index (χ3v) is 9.46. The van der Waals surface area contributed by atoms with Gasteiger partial charge in [0.1, 0.15) is 12.6 Å². The second-order valence-corrected chi connectivity index (χ2v) is 15.0. The average Bonchev–Trinajstić information content (AvgIpc) is 3.12. The Kier molecular flexibility index (Phi) is 33.8. The van der Waals surface area contributed by atoms with Crippen molar-refractivity contribution in [1.29, 1.82) is 0 Å². The van der Waals surface area contributed by atoms with Crippen LogP contribution in [0.3, 0.4) is 0 Å². The summed E-state index contributed by atoms with van der Waals surface area (Å²) in [6.45, 7) is 2.56. The Balaban J connectivity index is 4.49. The number of hydrogen-bond acceptors (Lipinski definition) is 10. The highest BCUT2D eigenvalue weighted by atomic mass is 31.2. The summed E-state index contributed by atoms with van der Waals surface area (Å²) in [5.41, 5.74) is 5.31. The Hall–Kier alpha value is -2.34. The summed E-state index contributed by atoms with van der Waals surface area (Å²) < 4.78 is 32.5. The zero-order valence-electron chi connectivity index (χ0n) is 32.7. The molecule has 0 saturated heterocycles. The topological polar surface area (TPSA) is 192 Å². The van der Waals surface area contributed by atoms with Crippen molar-refractivity contribution in [3.8, 4) is 0 Å². The van der Waals surface area contributed by atoms with Gasteiger partial charge in [-0.1, -0.05) is 153 Å². The van der Waals surface area contributed by atoms with Gasteiger partial charge in [0.05, 0.1) is 19.3 Å². The molecule has 0 aromatic rings. The van der Waals surface area contributed by atoms with Crippen molar-refractivity contribution in [2.75, 3.05) is 19.8 Å². The minimum absolute atomic E-state index is 0.143. The van der Waals surface area contributed by atoms with Crippen molar-refractivity contribution >= 4 is 25.7 Å². The lowest BCUT2D eigenvalue weighted by Gasteiger charge is -2.20. The number of phosphoric acid groups is 1. The number of carboxylic acids is 1. The van der Waals surface area contributed by atoms with Gasteiger partial charge >= 0.3 is 25.7 Å². The molecule has 0 aliphatic heterocycles. The van der Waals surface area contributed by atoms with Gasteiger partial charge in [-0.05, 0) is 32.1 Å². The number of aliphatic hydroxyl groups is 1. The van der Waals surface area contributed by atoms with Crippen molar-refractivity contribution in [3.63, 3.8) is 0 Å². The number of hydrogen-bond donors (Lipinski definition) is 4. The summed E-state index contributed by atoms with van der Waals surface area (Å²) >= 11 is 0. The van der Waals surface area contributed by atoms with Crippen LogP contribution in [0.4, 0.5) is 0 Å². The van der Waals surface area contributed by atoms with E-state index in [0.29, 0.717) is 19.3 Å². The first kappa shape index (κ1) is 50.7. The van der Waals surface area contributed by atoms with Gasteiger partial charge in [-0.15, -0.1) is 0 Å². The summed E-state index contributed by atoms with van der Waals surface area (Å²) in [6, 6.07) is -1.53. The molecule has 0 aliphatic rings. The van der Waals surface area contributed by atoms with E-state index in [0.717, 1.165) is 57.8 Å². The molecular weight excluding hydrogens is 701 g/mol. The van der Waals surface area contributed by atoms with E-state index in [4.69, 9.17) is 24.8 Å². The third kappa shape index (κ3) is 35.1. The van der Waals surface area contributed by atoms with E-state index in [-0.39, 0.29) is 19.4 Å². The lowest BCUT2D eigenvalue weighted by atomic mass is 10.0. The molecule has 0 heterocycles. The highest BCUT2D eigenvalue weighted by Crippen LogP contribution is 2.43. The normalized spacial score (nSPS) is 14.8. The minimum atomic E-state index is -4.73. The molecule has 53 heavy (non-hydrogen) atoms. The van der Waals surface area contributed by atoms with Crippen LogP contribution in [0.5, 0.6) is 0 Å². The predicted octanol–water partition coefficient (Wildman–Crippen LogP) is 9.03. The maximum Gasteiger partial charge on any atom is 0.472 e. The first-order valence-electron chi connectivity index (χ1n) is 20.1. The predicted molar refractivity (Wildman–Crippen MR) is 209 cm³/mol. The second-order valence-electron chi connectivity index (χ2n) is 13.6. The molecule has 0 aliphatic carbocycles. The number of allylic oxidation sites excluding steroid dienone is 5. The standard InChI is InChI=1S/C40H72NO11P/c1-3-5-7-9-11-12-13-14-15-16-18-22-27-31-39(44)52-36(33-50-53(47,48)51-34-37(41)40(45)46)32-49-38(43)30-26-23-19-21-25-29-35(42)28-24-20-17-10-8-6-4-2/h6,8,17,20,24,28,35-37,42H,3-5,7,9-16,18-19,21-23,25-27,29-34,41H2,1-2H3,(H,45,46)(H,47,48)/b8-6+,20-17+,28-24+/t35?,36-,37+/m1/s1. The summed E-state index contributed by atoms with van der Waals surface area (Å²) in [5, 5.41) is 19.0.